The first-order valence-corrected chi connectivity index (χ1v) is 8.44. The monoisotopic (exact) mass is 315 g/mol. The predicted molar refractivity (Wildman–Crippen MR) is 90.4 cm³/mol. The molecule has 1 aromatic carbocycles. The highest BCUT2D eigenvalue weighted by molar-refractivity contribution is 6.00. The Bertz CT molecular complexity index is 606. The Morgan fingerprint density at radius 3 is 2.87 bits per heavy atom. The largest absolute Gasteiger partial charge is 0.341 e. The first-order chi connectivity index (χ1) is 11.1. The molecule has 2 fully saturated rings. The molecule has 23 heavy (non-hydrogen) atoms. The van der Waals surface area contributed by atoms with Crippen molar-refractivity contribution >= 4 is 17.5 Å². The van der Waals surface area contributed by atoms with Crippen LogP contribution in [0.25, 0.3) is 0 Å². The fourth-order valence-electron chi connectivity index (χ4n) is 3.46. The highest BCUT2D eigenvalue weighted by Gasteiger charge is 2.37. The SMILES string of the molecule is Cc1cccc(N2CC(C(=O)N3CCCNCC3)CC2=O)c1C. The summed E-state index contributed by atoms with van der Waals surface area (Å²) in [4.78, 5) is 28.9. The van der Waals surface area contributed by atoms with E-state index in [1.165, 1.54) is 5.56 Å². The van der Waals surface area contributed by atoms with E-state index in [4.69, 9.17) is 0 Å². The van der Waals surface area contributed by atoms with Crippen LogP contribution in [0.15, 0.2) is 18.2 Å². The normalized spacial score (nSPS) is 22.3. The van der Waals surface area contributed by atoms with Gasteiger partial charge < -0.3 is 15.1 Å². The maximum Gasteiger partial charge on any atom is 0.228 e. The second-order valence-electron chi connectivity index (χ2n) is 6.55. The number of carbonyl (C=O) groups is 2. The lowest BCUT2D eigenvalue weighted by molar-refractivity contribution is -0.135. The maximum absolute atomic E-state index is 12.7. The Balaban J connectivity index is 1.74. The third kappa shape index (κ3) is 3.24. The van der Waals surface area contributed by atoms with Gasteiger partial charge in [-0.1, -0.05) is 12.1 Å². The van der Waals surface area contributed by atoms with Crippen LogP contribution >= 0.6 is 0 Å². The molecule has 1 unspecified atom stereocenters. The summed E-state index contributed by atoms with van der Waals surface area (Å²) >= 11 is 0. The molecule has 3 rings (SSSR count). The molecule has 0 saturated carbocycles. The van der Waals surface area contributed by atoms with Gasteiger partial charge in [-0.05, 0) is 44.0 Å². The number of anilines is 1. The van der Waals surface area contributed by atoms with Crippen LogP contribution in [0.4, 0.5) is 5.69 Å². The lowest BCUT2D eigenvalue weighted by Gasteiger charge is -2.24. The number of carbonyl (C=O) groups excluding carboxylic acids is 2. The van der Waals surface area contributed by atoms with E-state index in [1.807, 2.05) is 36.9 Å². The topological polar surface area (TPSA) is 52.7 Å². The molecule has 2 heterocycles. The van der Waals surface area contributed by atoms with Crippen molar-refractivity contribution in [2.24, 2.45) is 5.92 Å². The van der Waals surface area contributed by atoms with E-state index in [0.717, 1.165) is 43.9 Å². The third-order valence-corrected chi connectivity index (χ3v) is 4.99. The molecule has 2 saturated heterocycles. The molecular formula is C18H25N3O2. The van der Waals surface area contributed by atoms with Gasteiger partial charge in [-0.2, -0.15) is 0 Å². The Morgan fingerprint density at radius 2 is 2.04 bits per heavy atom. The Kier molecular flexibility index (Phi) is 4.66. The number of hydrogen-bond acceptors (Lipinski definition) is 3. The summed E-state index contributed by atoms with van der Waals surface area (Å²) < 4.78 is 0. The Labute approximate surface area is 137 Å². The van der Waals surface area contributed by atoms with E-state index in [1.54, 1.807) is 4.90 Å². The third-order valence-electron chi connectivity index (χ3n) is 4.99. The van der Waals surface area contributed by atoms with Gasteiger partial charge in [0.05, 0.1) is 5.92 Å². The van der Waals surface area contributed by atoms with Gasteiger partial charge in [0.2, 0.25) is 11.8 Å². The zero-order valence-electron chi connectivity index (χ0n) is 14.0. The number of amides is 2. The molecule has 1 atom stereocenters. The molecule has 2 aliphatic heterocycles. The van der Waals surface area contributed by atoms with E-state index in [9.17, 15) is 9.59 Å². The smallest absolute Gasteiger partial charge is 0.228 e. The average Bonchev–Trinajstić information content (AvgIpc) is 2.76. The maximum atomic E-state index is 12.7. The molecule has 0 radical (unpaired) electrons. The van der Waals surface area contributed by atoms with Crippen molar-refractivity contribution in [3.05, 3.63) is 29.3 Å². The summed E-state index contributed by atoms with van der Waals surface area (Å²) in [5, 5.41) is 3.31. The van der Waals surface area contributed by atoms with Crippen LogP contribution in [-0.4, -0.2) is 49.4 Å². The number of rotatable bonds is 2. The van der Waals surface area contributed by atoms with Gasteiger partial charge in [0.15, 0.2) is 0 Å². The fraction of sp³-hybridized carbons (Fsp3) is 0.556. The summed E-state index contributed by atoms with van der Waals surface area (Å²) in [6, 6.07) is 6.00. The minimum Gasteiger partial charge on any atom is -0.341 e. The van der Waals surface area contributed by atoms with Crippen molar-refractivity contribution in [3.8, 4) is 0 Å². The summed E-state index contributed by atoms with van der Waals surface area (Å²) in [7, 11) is 0. The van der Waals surface area contributed by atoms with Gasteiger partial charge in [-0.25, -0.2) is 0 Å². The second-order valence-corrected chi connectivity index (χ2v) is 6.55. The molecule has 0 aromatic heterocycles. The highest BCUT2D eigenvalue weighted by atomic mass is 16.2. The molecule has 0 aliphatic carbocycles. The van der Waals surface area contributed by atoms with Crippen molar-refractivity contribution in [2.45, 2.75) is 26.7 Å². The minimum atomic E-state index is -0.208. The predicted octanol–water partition coefficient (Wildman–Crippen LogP) is 1.48. The van der Waals surface area contributed by atoms with Crippen molar-refractivity contribution in [1.82, 2.24) is 10.2 Å². The summed E-state index contributed by atoms with van der Waals surface area (Å²) in [5.41, 5.74) is 3.24. The van der Waals surface area contributed by atoms with Crippen molar-refractivity contribution in [3.63, 3.8) is 0 Å². The van der Waals surface area contributed by atoms with Gasteiger partial charge in [0, 0.05) is 38.3 Å². The average molecular weight is 315 g/mol. The van der Waals surface area contributed by atoms with E-state index >= 15 is 0 Å². The van der Waals surface area contributed by atoms with Crippen LogP contribution in [0.5, 0.6) is 0 Å². The Hall–Kier alpha value is -1.88. The fourth-order valence-corrected chi connectivity index (χ4v) is 3.46. The standard InChI is InChI=1S/C18H25N3O2/c1-13-5-3-6-16(14(13)2)21-12-15(11-17(21)22)18(23)20-9-4-7-19-8-10-20/h3,5-6,15,19H,4,7-12H2,1-2H3. The number of aryl methyl sites for hydroxylation is 1. The number of hydrogen-bond donors (Lipinski definition) is 1. The van der Waals surface area contributed by atoms with Crippen molar-refractivity contribution in [2.75, 3.05) is 37.6 Å². The molecule has 124 valence electrons. The van der Waals surface area contributed by atoms with E-state index in [2.05, 4.69) is 5.32 Å². The van der Waals surface area contributed by atoms with Gasteiger partial charge in [0.25, 0.3) is 0 Å². The van der Waals surface area contributed by atoms with Gasteiger partial charge in [0.1, 0.15) is 0 Å². The molecule has 0 spiro atoms. The lowest BCUT2D eigenvalue weighted by Crippen LogP contribution is -2.39. The molecule has 5 heteroatoms. The molecule has 1 aromatic rings. The zero-order chi connectivity index (χ0) is 16.4. The minimum absolute atomic E-state index is 0.0602. The quantitative estimate of drug-likeness (QED) is 0.899. The van der Waals surface area contributed by atoms with E-state index < -0.39 is 0 Å². The first kappa shape index (κ1) is 16.0. The van der Waals surface area contributed by atoms with Crippen LogP contribution in [0.2, 0.25) is 0 Å². The number of nitrogens with one attached hydrogen (secondary N) is 1. The first-order valence-electron chi connectivity index (χ1n) is 8.44. The van der Waals surface area contributed by atoms with Crippen LogP contribution in [-0.2, 0) is 9.59 Å². The number of nitrogens with zero attached hydrogens (tertiary/aromatic N) is 2. The van der Waals surface area contributed by atoms with Crippen LogP contribution in [0, 0.1) is 19.8 Å². The van der Waals surface area contributed by atoms with Gasteiger partial charge in [-0.3, -0.25) is 9.59 Å². The van der Waals surface area contributed by atoms with Gasteiger partial charge >= 0.3 is 0 Å². The second kappa shape index (κ2) is 6.71. The van der Waals surface area contributed by atoms with Crippen LogP contribution in [0.1, 0.15) is 24.0 Å². The van der Waals surface area contributed by atoms with Gasteiger partial charge in [-0.15, -0.1) is 0 Å². The molecule has 2 aliphatic rings. The van der Waals surface area contributed by atoms with Crippen molar-refractivity contribution in [1.29, 1.82) is 0 Å². The van der Waals surface area contributed by atoms with E-state index in [0.29, 0.717) is 13.0 Å². The lowest BCUT2D eigenvalue weighted by atomic mass is 10.1. The Morgan fingerprint density at radius 1 is 1.22 bits per heavy atom. The summed E-state index contributed by atoms with van der Waals surface area (Å²) in [6.07, 6.45) is 1.31. The van der Waals surface area contributed by atoms with Crippen LogP contribution < -0.4 is 10.2 Å². The summed E-state index contributed by atoms with van der Waals surface area (Å²) in [5.74, 6) is -0.0136. The molecule has 2 amide bonds. The van der Waals surface area contributed by atoms with Crippen molar-refractivity contribution < 1.29 is 9.59 Å². The number of benzene rings is 1. The zero-order valence-corrected chi connectivity index (χ0v) is 14.0. The summed E-state index contributed by atoms with van der Waals surface area (Å²) in [6.45, 7) is 7.92. The molecule has 0 bridgehead atoms. The highest BCUT2D eigenvalue weighted by Crippen LogP contribution is 2.30. The van der Waals surface area contributed by atoms with E-state index in [-0.39, 0.29) is 17.7 Å². The van der Waals surface area contributed by atoms with Crippen LogP contribution in [0.3, 0.4) is 0 Å². The molecular weight excluding hydrogens is 290 g/mol. The molecule has 5 nitrogen and oxygen atoms in total. The molecule has 1 N–H and O–H groups in total.